The monoisotopic (exact) mass is 273 g/mol. The first-order chi connectivity index (χ1) is 8.09. The molecule has 94 valence electrons. The maximum absolute atomic E-state index is 5.96. The van der Waals surface area contributed by atoms with E-state index < -0.39 is 0 Å². The van der Waals surface area contributed by atoms with E-state index in [1.807, 2.05) is 18.2 Å². The first-order valence-corrected chi connectivity index (χ1v) is 6.63. The summed E-state index contributed by atoms with van der Waals surface area (Å²) < 4.78 is 5.71. The summed E-state index contributed by atoms with van der Waals surface area (Å²) >= 11 is 11.8. The van der Waals surface area contributed by atoms with Crippen molar-refractivity contribution >= 4 is 23.2 Å². The van der Waals surface area contributed by atoms with Gasteiger partial charge in [-0.15, -0.1) is 0 Å². The zero-order valence-corrected chi connectivity index (χ0v) is 11.4. The molecule has 17 heavy (non-hydrogen) atoms. The van der Waals surface area contributed by atoms with Gasteiger partial charge in [-0.2, -0.15) is 0 Å². The number of rotatable bonds is 4. The molecule has 0 amide bonds. The Morgan fingerprint density at radius 1 is 1.35 bits per heavy atom. The summed E-state index contributed by atoms with van der Waals surface area (Å²) in [6.45, 7) is 4.69. The Hall–Kier alpha value is -0.280. The molecule has 1 saturated heterocycles. The van der Waals surface area contributed by atoms with Gasteiger partial charge < -0.3 is 10.1 Å². The van der Waals surface area contributed by atoms with Crippen molar-refractivity contribution in [3.8, 4) is 0 Å². The molecule has 1 aromatic rings. The fourth-order valence-corrected chi connectivity index (χ4v) is 2.42. The van der Waals surface area contributed by atoms with Crippen molar-refractivity contribution in [3.05, 3.63) is 33.8 Å². The molecule has 1 aliphatic heterocycles. The largest absolute Gasteiger partial charge is 0.374 e. The first kappa shape index (κ1) is 13.2. The van der Waals surface area contributed by atoms with E-state index in [0.717, 1.165) is 38.1 Å². The summed E-state index contributed by atoms with van der Waals surface area (Å²) in [7, 11) is 0. The minimum Gasteiger partial charge on any atom is -0.374 e. The SMILES string of the molecule is CC1(CNCc2ccc(Cl)c(Cl)c2)CCCO1. The molecule has 0 aliphatic carbocycles. The van der Waals surface area contributed by atoms with Crippen LogP contribution in [0.4, 0.5) is 0 Å². The fraction of sp³-hybridized carbons (Fsp3) is 0.538. The molecule has 1 fully saturated rings. The summed E-state index contributed by atoms with van der Waals surface area (Å²) in [6.07, 6.45) is 2.28. The van der Waals surface area contributed by atoms with Gasteiger partial charge in [0.15, 0.2) is 0 Å². The van der Waals surface area contributed by atoms with E-state index in [-0.39, 0.29) is 5.60 Å². The van der Waals surface area contributed by atoms with Gasteiger partial charge in [-0.1, -0.05) is 29.3 Å². The number of nitrogens with one attached hydrogen (secondary N) is 1. The smallest absolute Gasteiger partial charge is 0.0779 e. The van der Waals surface area contributed by atoms with E-state index in [1.165, 1.54) is 0 Å². The number of benzene rings is 1. The average Bonchev–Trinajstić information content (AvgIpc) is 2.71. The highest BCUT2D eigenvalue weighted by atomic mass is 35.5. The third-order valence-electron chi connectivity index (χ3n) is 3.11. The normalized spacial score (nSPS) is 24.2. The van der Waals surface area contributed by atoms with Crippen LogP contribution in [0.1, 0.15) is 25.3 Å². The van der Waals surface area contributed by atoms with Crippen molar-refractivity contribution < 1.29 is 4.74 Å². The van der Waals surface area contributed by atoms with Crippen molar-refractivity contribution in [2.45, 2.75) is 31.9 Å². The van der Waals surface area contributed by atoms with Crippen LogP contribution >= 0.6 is 23.2 Å². The van der Waals surface area contributed by atoms with Gasteiger partial charge >= 0.3 is 0 Å². The minimum absolute atomic E-state index is 0.00375. The molecule has 0 saturated carbocycles. The van der Waals surface area contributed by atoms with Gasteiger partial charge in [-0.3, -0.25) is 0 Å². The van der Waals surface area contributed by atoms with Crippen LogP contribution in [0.2, 0.25) is 10.0 Å². The second kappa shape index (κ2) is 5.57. The second-order valence-corrected chi connectivity index (χ2v) is 5.57. The van der Waals surface area contributed by atoms with Gasteiger partial charge in [0.05, 0.1) is 15.6 Å². The summed E-state index contributed by atoms with van der Waals surface area (Å²) in [5.41, 5.74) is 1.14. The highest BCUT2D eigenvalue weighted by Crippen LogP contribution is 2.25. The molecule has 0 radical (unpaired) electrons. The van der Waals surface area contributed by atoms with Gasteiger partial charge in [0.2, 0.25) is 0 Å². The van der Waals surface area contributed by atoms with E-state index in [9.17, 15) is 0 Å². The summed E-state index contributed by atoms with van der Waals surface area (Å²) in [5.74, 6) is 0. The third-order valence-corrected chi connectivity index (χ3v) is 3.85. The van der Waals surface area contributed by atoms with E-state index in [2.05, 4.69) is 12.2 Å². The molecule has 1 atom stereocenters. The standard InChI is InChI=1S/C13H17Cl2NO/c1-13(5-2-6-17-13)9-16-8-10-3-4-11(14)12(15)7-10/h3-4,7,16H,2,5-6,8-9H2,1H3. The zero-order valence-electron chi connectivity index (χ0n) is 9.93. The molecule has 4 heteroatoms. The van der Waals surface area contributed by atoms with Gasteiger partial charge in [0.25, 0.3) is 0 Å². The first-order valence-electron chi connectivity index (χ1n) is 5.88. The molecule has 1 N–H and O–H groups in total. The summed E-state index contributed by atoms with van der Waals surface area (Å²) in [4.78, 5) is 0. The fourth-order valence-electron chi connectivity index (χ4n) is 2.10. The molecular weight excluding hydrogens is 257 g/mol. The quantitative estimate of drug-likeness (QED) is 0.904. The summed E-state index contributed by atoms with van der Waals surface area (Å²) in [6, 6.07) is 5.71. The third kappa shape index (κ3) is 3.59. The van der Waals surface area contributed by atoms with Crippen molar-refractivity contribution in [1.29, 1.82) is 0 Å². The molecule has 0 spiro atoms. The number of hydrogen-bond donors (Lipinski definition) is 1. The minimum atomic E-state index is -0.00375. The topological polar surface area (TPSA) is 21.3 Å². The van der Waals surface area contributed by atoms with Gasteiger partial charge in [-0.25, -0.2) is 0 Å². The van der Waals surface area contributed by atoms with Gasteiger partial charge in [-0.05, 0) is 37.5 Å². The zero-order chi connectivity index (χ0) is 12.3. The van der Waals surface area contributed by atoms with Gasteiger partial charge in [0.1, 0.15) is 0 Å². The number of hydrogen-bond acceptors (Lipinski definition) is 2. The van der Waals surface area contributed by atoms with Crippen LogP contribution in [0.5, 0.6) is 0 Å². The Morgan fingerprint density at radius 2 is 2.18 bits per heavy atom. The average molecular weight is 274 g/mol. The van der Waals surface area contributed by atoms with E-state index in [0.29, 0.717) is 10.0 Å². The van der Waals surface area contributed by atoms with Crippen molar-refractivity contribution in [3.63, 3.8) is 0 Å². The number of ether oxygens (including phenoxy) is 1. The maximum atomic E-state index is 5.96. The molecule has 2 nitrogen and oxygen atoms in total. The maximum Gasteiger partial charge on any atom is 0.0779 e. The molecule has 0 bridgehead atoms. The molecular formula is C13H17Cl2NO. The van der Waals surface area contributed by atoms with Crippen LogP contribution < -0.4 is 5.32 Å². The van der Waals surface area contributed by atoms with Crippen LogP contribution in [-0.4, -0.2) is 18.8 Å². The van der Waals surface area contributed by atoms with Gasteiger partial charge in [0, 0.05) is 19.7 Å². The van der Waals surface area contributed by atoms with E-state index >= 15 is 0 Å². The molecule has 0 aromatic heterocycles. The lowest BCUT2D eigenvalue weighted by molar-refractivity contribution is 0.0207. The number of halogens is 2. The van der Waals surface area contributed by atoms with E-state index in [1.54, 1.807) is 0 Å². The Morgan fingerprint density at radius 3 is 2.82 bits per heavy atom. The lowest BCUT2D eigenvalue weighted by atomic mass is 10.0. The lowest BCUT2D eigenvalue weighted by Gasteiger charge is -2.23. The molecule has 1 aromatic carbocycles. The van der Waals surface area contributed by atoms with Crippen LogP contribution in [0.3, 0.4) is 0 Å². The van der Waals surface area contributed by atoms with Crippen molar-refractivity contribution in [1.82, 2.24) is 5.32 Å². The van der Waals surface area contributed by atoms with E-state index in [4.69, 9.17) is 27.9 Å². The van der Waals surface area contributed by atoms with Crippen LogP contribution in [0.25, 0.3) is 0 Å². The second-order valence-electron chi connectivity index (χ2n) is 4.75. The molecule has 1 unspecified atom stereocenters. The lowest BCUT2D eigenvalue weighted by Crippen LogP contribution is -2.36. The van der Waals surface area contributed by atoms with Crippen LogP contribution in [0, 0.1) is 0 Å². The molecule has 1 heterocycles. The molecule has 1 aliphatic rings. The van der Waals surface area contributed by atoms with Crippen LogP contribution in [-0.2, 0) is 11.3 Å². The highest BCUT2D eigenvalue weighted by molar-refractivity contribution is 6.42. The Kier molecular flexibility index (Phi) is 4.31. The van der Waals surface area contributed by atoms with Crippen molar-refractivity contribution in [2.75, 3.05) is 13.2 Å². The van der Waals surface area contributed by atoms with Crippen molar-refractivity contribution in [2.24, 2.45) is 0 Å². The molecule has 2 rings (SSSR count). The predicted octanol–water partition coefficient (Wildman–Crippen LogP) is 3.65. The summed E-state index contributed by atoms with van der Waals surface area (Å²) in [5, 5.41) is 4.61. The van der Waals surface area contributed by atoms with Crippen LogP contribution in [0.15, 0.2) is 18.2 Å². The predicted molar refractivity (Wildman–Crippen MR) is 71.8 cm³/mol. The highest BCUT2D eigenvalue weighted by Gasteiger charge is 2.28. The Labute approximate surface area is 112 Å². The Balaban J connectivity index is 1.83. The Bertz CT molecular complexity index is 389.